The fourth-order valence-electron chi connectivity index (χ4n) is 5.68. The van der Waals surface area contributed by atoms with Gasteiger partial charge in [-0.05, 0) is 43.5 Å². The number of amides is 2. The van der Waals surface area contributed by atoms with E-state index in [1.54, 1.807) is 17.0 Å². The SMILES string of the molecule is C=Cc1cccc2cccc(NC(=O)c3nc(OC[C@@H]4CCCN4C)nc(N4CCN(C(=O)O)[C@@H](CC#N)C4)c3N)c12. The number of carbonyl (C=O) groups excluding carboxylic acids is 1. The van der Waals surface area contributed by atoms with Crippen molar-refractivity contribution in [3.05, 3.63) is 54.2 Å². The summed E-state index contributed by atoms with van der Waals surface area (Å²) in [6.07, 6.45) is 2.69. The van der Waals surface area contributed by atoms with Crippen LogP contribution in [0.5, 0.6) is 6.01 Å². The summed E-state index contributed by atoms with van der Waals surface area (Å²) in [6.45, 7) is 5.82. The fraction of sp³-hybridized carbons (Fsp3) is 0.367. The van der Waals surface area contributed by atoms with Gasteiger partial charge in [-0.25, -0.2) is 4.79 Å². The molecule has 2 atom stereocenters. The van der Waals surface area contributed by atoms with E-state index >= 15 is 0 Å². The summed E-state index contributed by atoms with van der Waals surface area (Å²) in [6, 6.07) is 13.1. The first kappa shape index (κ1) is 28.6. The standard InChI is InChI=1S/C30H34N8O4/c1-3-19-7-4-8-20-9-5-11-23(24(19)20)33-28(39)26-25(32)27(35-29(34-26)42-18-22-10-6-14-36(22)2)37-15-16-38(30(40)41)21(17-37)12-13-31/h3-5,7-9,11,21-22H,1,6,10,12,14-18,32H2,2H3,(H,33,39)(H,40,41)/t21-,22-/m0/s1. The Hall–Kier alpha value is -4.89. The van der Waals surface area contributed by atoms with Crippen LogP contribution in [0.2, 0.25) is 0 Å². The Morgan fingerprint density at radius 1 is 1.21 bits per heavy atom. The van der Waals surface area contributed by atoms with Crippen molar-refractivity contribution in [3.8, 4) is 12.1 Å². The number of benzene rings is 2. The highest BCUT2D eigenvalue weighted by atomic mass is 16.5. The predicted octanol–water partition coefficient (Wildman–Crippen LogP) is 3.66. The normalized spacial score (nSPS) is 19.0. The third-order valence-corrected chi connectivity index (χ3v) is 7.96. The number of nitriles is 1. The van der Waals surface area contributed by atoms with Crippen molar-refractivity contribution >= 4 is 46.0 Å². The number of piperazine rings is 1. The Kier molecular flexibility index (Phi) is 8.40. The third kappa shape index (κ3) is 5.77. The Morgan fingerprint density at radius 3 is 2.69 bits per heavy atom. The molecule has 5 rings (SSSR count). The largest absolute Gasteiger partial charge is 0.465 e. The van der Waals surface area contributed by atoms with Gasteiger partial charge in [-0.2, -0.15) is 15.2 Å². The molecule has 12 nitrogen and oxygen atoms in total. The average molecular weight is 571 g/mol. The summed E-state index contributed by atoms with van der Waals surface area (Å²) in [5.74, 6) is -0.272. The van der Waals surface area contributed by atoms with Crippen LogP contribution in [0.1, 0.15) is 35.3 Å². The Morgan fingerprint density at radius 2 is 2.00 bits per heavy atom. The maximum atomic E-state index is 13.8. The van der Waals surface area contributed by atoms with Gasteiger partial charge in [0.2, 0.25) is 0 Å². The van der Waals surface area contributed by atoms with E-state index in [-0.39, 0.29) is 55.3 Å². The van der Waals surface area contributed by atoms with Crippen LogP contribution in [-0.4, -0.2) is 88.8 Å². The lowest BCUT2D eigenvalue weighted by Gasteiger charge is -2.40. The van der Waals surface area contributed by atoms with Crippen LogP contribution >= 0.6 is 0 Å². The van der Waals surface area contributed by atoms with Crippen molar-refractivity contribution in [2.75, 3.05) is 55.8 Å². The third-order valence-electron chi connectivity index (χ3n) is 7.96. The first-order valence-corrected chi connectivity index (χ1v) is 13.9. The molecule has 12 heteroatoms. The zero-order valence-electron chi connectivity index (χ0n) is 23.5. The number of anilines is 3. The van der Waals surface area contributed by atoms with Crippen molar-refractivity contribution in [1.29, 1.82) is 5.26 Å². The van der Waals surface area contributed by atoms with Crippen LogP contribution in [-0.2, 0) is 0 Å². The number of ether oxygens (including phenoxy) is 1. The molecule has 2 aromatic carbocycles. The van der Waals surface area contributed by atoms with E-state index in [1.165, 1.54) is 4.90 Å². The number of nitrogens with zero attached hydrogens (tertiary/aromatic N) is 6. The smallest absolute Gasteiger partial charge is 0.407 e. The Bertz CT molecular complexity index is 1550. The van der Waals surface area contributed by atoms with Gasteiger partial charge < -0.3 is 35.6 Å². The summed E-state index contributed by atoms with van der Waals surface area (Å²) in [7, 11) is 2.04. The number of nitrogens with one attached hydrogen (secondary N) is 1. The second kappa shape index (κ2) is 12.3. The molecular weight excluding hydrogens is 536 g/mol. The zero-order valence-corrected chi connectivity index (χ0v) is 23.5. The lowest BCUT2D eigenvalue weighted by atomic mass is 10.0. The summed E-state index contributed by atoms with van der Waals surface area (Å²) >= 11 is 0. The van der Waals surface area contributed by atoms with Gasteiger partial charge in [0.25, 0.3) is 5.91 Å². The topological polar surface area (TPSA) is 161 Å². The lowest BCUT2D eigenvalue weighted by molar-refractivity contribution is 0.102. The average Bonchev–Trinajstić information content (AvgIpc) is 3.40. The molecule has 218 valence electrons. The molecule has 2 fully saturated rings. The van der Waals surface area contributed by atoms with Gasteiger partial charge in [-0.1, -0.05) is 43.0 Å². The number of rotatable bonds is 8. The molecule has 0 radical (unpaired) electrons. The van der Waals surface area contributed by atoms with Gasteiger partial charge in [0.05, 0.1) is 18.5 Å². The number of fused-ring (bicyclic) bond motifs is 1. The molecule has 0 spiro atoms. The van der Waals surface area contributed by atoms with Gasteiger partial charge in [-0.3, -0.25) is 4.79 Å². The van der Waals surface area contributed by atoms with Crippen LogP contribution in [0.4, 0.5) is 22.0 Å². The summed E-state index contributed by atoms with van der Waals surface area (Å²) in [4.78, 5) is 39.8. The van der Waals surface area contributed by atoms with Crippen LogP contribution in [0.25, 0.3) is 16.8 Å². The second-order valence-electron chi connectivity index (χ2n) is 10.5. The monoisotopic (exact) mass is 570 g/mol. The van der Waals surface area contributed by atoms with Gasteiger partial charge in [0.15, 0.2) is 11.5 Å². The number of hydrogen-bond donors (Lipinski definition) is 3. The number of likely N-dealkylation sites (N-methyl/N-ethyl adjacent to an activating group) is 1. The van der Waals surface area contributed by atoms with Crippen molar-refractivity contribution < 1.29 is 19.4 Å². The van der Waals surface area contributed by atoms with Gasteiger partial charge >= 0.3 is 12.1 Å². The number of hydrogen-bond acceptors (Lipinski definition) is 9. The zero-order chi connectivity index (χ0) is 29.8. The maximum Gasteiger partial charge on any atom is 0.407 e. The summed E-state index contributed by atoms with van der Waals surface area (Å²) in [5.41, 5.74) is 7.99. The molecule has 2 aliphatic heterocycles. The highest BCUT2D eigenvalue weighted by Crippen LogP contribution is 2.32. The van der Waals surface area contributed by atoms with E-state index in [0.29, 0.717) is 12.3 Å². The van der Waals surface area contributed by atoms with Crippen LogP contribution in [0, 0.1) is 11.3 Å². The molecule has 0 saturated carbocycles. The molecule has 0 aliphatic carbocycles. The van der Waals surface area contributed by atoms with Crippen molar-refractivity contribution in [3.63, 3.8) is 0 Å². The minimum Gasteiger partial charge on any atom is -0.465 e. The van der Waals surface area contributed by atoms with E-state index < -0.39 is 18.0 Å². The Labute approximate surface area is 244 Å². The Balaban J connectivity index is 1.50. The summed E-state index contributed by atoms with van der Waals surface area (Å²) in [5, 5.41) is 23.7. The lowest BCUT2D eigenvalue weighted by Crippen LogP contribution is -2.55. The number of aromatic nitrogens is 2. The predicted molar refractivity (Wildman–Crippen MR) is 161 cm³/mol. The quantitative estimate of drug-likeness (QED) is 0.364. The molecule has 3 heterocycles. The van der Waals surface area contributed by atoms with E-state index in [2.05, 4.69) is 32.8 Å². The molecule has 0 unspecified atom stereocenters. The van der Waals surface area contributed by atoms with Gasteiger partial charge in [0.1, 0.15) is 12.3 Å². The van der Waals surface area contributed by atoms with Crippen molar-refractivity contribution in [2.24, 2.45) is 0 Å². The second-order valence-corrected chi connectivity index (χ2v) is 10.5. The highest BCUT2D eigenvalue weighted by Gasteiger charge is 2.33. The fourth-order valence-corrected chi connectivity index (χ4v) is 5.68. The molecule has 1 aromatic heterocycles. The first-order valence-electron chi connectivity index (χ1n) is 13.9. The van der Waals surface area contributed by atoms with E-state index in [0.717, 1.165) is 35.7 Å². The molecule has 2 saturated heterocycles. The van der Waals surface area contributed by atoms with Crippen molar-refractivity contribution in [2.45, 2.75) is 31.3 Å². The minimum absolute atomic E-state index is 0.00518. The number of carbonyl (C=O) groups is 2. The van der Waals surface area contributed by atoms with Crippen molar-refractivity contribution in [1.82, 2.24) is 19.8 Å². The molecule has 3 aromatic rings. The first-order chi connectivity index (χ1) is 20.3. The highest BCUT2D eigenvalue weighted by molar-refractivity contribution is 6.12. The van der Waals surface area contributed by atoms with Crippen LogP contribution in [0.15, 0.2) is 43.0 Å². The van der Waals surface area contributed by atoms with Crippen LogP contribution < -0.4 is 20.7 Å². The maximum absolute atomic E-state index is 13.8. The van der Waals surface area contributed by atoms with Crippen LogP contribution in [0.3, 0.4) is 0 Å². The number of nitrogens with two attached hydrogens (primary N) is 1. The minimum atomic E-state index is -1.09. The van der Waals surface area contributed by atoms with E-state index in [1.807, 2.05) is 37.4 Å². The number of likely N-dealkylation sites (tertiary alicyclic amines) is 1. The summed E-state index contributed by atoms with van der Waals surface area (Å²) < 4.78 is 6.03. The molecule has 4 N–H and O–H groups in total. The molecule has 42 heavy (non-hydrogen) atoms. The molecule has 2 amide bonds. The molecule has 0 bridgehead atoms. The molecule has 2 aliphatic rings. The van der Waals surface area contributed by atoms with E-state index in [4.69, 9.17) is 10.5 Å². The number of carboxylic acid groups (broad SMARTS) is 1. The van der Waals surface area contributed by atoms with E-state index in [9.17, 15) is 20.0 Å². The van der Waals surface area contributed by atoms with Gasteiger partial charge in [0, 0.05) is 36.7 Å². The number of nitrogen functional groups attached to an aromatic ring is 1. The molecular formula is C30H34N8O4. The van der Waals surface area contributed by atoms with Gasteiger partial charge in [-0.15, -0.1) is 0 Å².